The standard InChI is InChI=1S/C15H24N4O2/c1-3-14(20)19-7-5-13(10-19)18-15(16-4-2)17-9-12-6-8-21-11-12/h6,8,11,13H,3-5,7,9-10H2,1-2H3,(H2,16,17,18). The van der Waals surface area contributed by atoms with E-state index in [-0.39, 0.29) is 11.9 Å². The van der Waals surface area contributed by atoms with Crippen molar-refractivity contribution in [3.8, 4) is 0 Å². The molecule has 0 aliphatic carbocycles. The first-order valence-corrected chi connectivity index (χ1v) is 7.56. The summed E-state index contributed by atoms with van der Waals surface area (Å²) in [5.74, 6) is 1.01. The SMILES string of the molecule is CCNC(=NCc1ccoc1)NC1CCN(C(=O)CC)C1. The van der Waals surface area contributed by atoms with Crippen LogP contribution in [0.5, 0.6) is 0 Å². The number of hydrogen-bond acceptors (Lipinski definition) is 3. The second-order valence-electron chi connectivity index (χ2n) is 5.15. The summed E-state index contributed by atoms with van der Waals surface area (Å²) in [4.78, 5) is 18.1. The molecular formula is C15H24N4O2. The van der Waals surface area contributed by atoms with Gasteiger partial charge in [-0.3, -0.25) is 4.79 Å². The molecule has 0 aromatic carbocycles. The van der Waals surface area contributed by atoms with Crippen molar-refractivity contribution in [2.45, 2.75) is 39.3 Å². The van der Waals surface area contributed by atoms with E-state index in [2.05, 4.69) is 15.6 Å². The maximum atomic E-state index is 11.7. The van der Waals surface area contributed by atoms with Gasteiger partial charge in [-0.25, -0.2) is 4.99 Å². The molecule has 0 radical (unpaired) electrons. The Labute approximate surface area is 125 Å². The third kappa shape index (κ3) is 4.51. The van der Waals surface area contributed by atoms with Gasteiger partial charge in [0.1, 0.15) is 0 Å². The molecule has 1 unspecified atom stereocenters. The highest BCUT2D eigenvalue weighted by atomic mass is 16.3. The molecule has 1 aliphatic rings. The largest absolute Gasteiger partial charge is 0.472 e. The lowest BCUT2D eigenvalue weighted by Crippen LogP contribution is -2.45. The lowest BCUT2D eigenvalue weighted by molar-refractivity contribution is -0.129. The van der Waals surface area contributed by atoms with Crippen molar-refractivity contribution in [3.05, 3.63) is 24.2 Å². The zero-order chi connectivity index (χ0) is 15.1. The first-order chi connectivity index (χ1) is 10.2. The van der Waals surface area contributed by atoms with Gasteiger partial charge in [-0.2, -0.15) is 0 Å². The summed E-state index contributed by atoms with van der Waals surface area (Å²) in [7, 11) is 0. The van der Waals surface area contributed by atoms with Crippen molar-refractivity contribution >= 4 is 11.9 Å². The van der Waals surface area contributed by atoms with Gasteiger partial charge in [-0.1, -0.05) is 6.92 Å². The van der Waals surface area contributed by atoms with Crippen molar-refractivity contribution in [2.75, 3.05) is 19.6 Å². The lowest BCUT2D eigenvalue weighted by atomic mass is 10.3. The average Bonchev–Trinajstić information content (AvgIpc) is 3.15. The van der Waals surface area contributed by atoms with E-state index in [9.17, 15) is 4.79 Å². The Hall–Kier alpha value is -1.98. The van der Waals surface area contributed by atoms with Crippen molar-refractivity contribution in [1.82, 2.24) is 15.5 Å². The van der Waals surface area contributed by atoms with Gasteiger partial charge in [-0.05, 0) is 19.4 Å². The Balaban J connectivity index is 1.88. The van der Waals surface area contributed by atoms with Crippen molar-refractivity contribution in [2.24, 2.45) is 4.99 Å². The Bertz CT molecular complexity index is 470. The molecule has 1 atom stereocenters. The fourth-order valence-corrected chi connectivity index (χ4v) is 2.39. The smallest absolute Gasteiger partial charge is 0.222 e. The van der Waals surface area contributed by atoms with Crippen LogP contribution in [0, 0.1) is 0 Å². The Morgan fingerprint density at radius 3 is 3.05 bits per heavy atom. The highest BCUT2D eigenvalue weighted by molar-refractivity contribution is 5.80. The van der Waals surface area contributed by atoms with Crippen LogP contribution in [-0.4, -0.2) is 42.4 Å². The van der Waals surface area contributed by atoms with Crippen LogP contribution in [0.25, 0.3) is 0 Å². The predicted molar refractivity (Wildman–Crippen MR) is 81.9 cm³/mol. The Morgan fingerprint density at radius 1 is 1.52 bits per heavy atom. The molecular weight excluding hydrogens is 268 g/mol. The molecule has 0 saturated carbocycles. The van der Waals surface area contributed by atoms with Crippen molar-refractivity contribution in [1.29, 1.82) is 0 Å². The molecule has 1 aliphatic heterocycles. The number of likely N-dealkylation sites (tertiary alicyclic amines) is 1. The molecule has 0 spiro atoms. The summed E-state index contributed by atoms with van der Waals surface area (Å²) < 4.78 is 5.04. The lowest BCUT2D eigenvalue weighted by Gasteiger charge is -2.18. The van der Waals surface area contributed by atoms with Gasteiger partial charge in [0, 0.05) is 37.7 Å². The first kappa shape index (κ1) is 15.4. The number of rotatable bonds is 5. The van der Waals surface area contributed by atoms with E-state index in [1.54, 1.807) is 12.5 Å². The van der Waals surface area contributed by atoms with Crippen LogP contribution in [0.15, 0.2) is 28.0 Å². The molecule has 1 aromatic rings. The number of aliphatic imine (C=N–C) groups is 1. The van der Waals surface area contributed by atoms with Gasteiger partial charge in [0.25, 0.3) is 0 Å². The van der Waals surface area contributed by atoms with Gasteiger partial charge in [-0.15, -0.1) is 0 Å². The number of guanidine groups is 1. The third-order valence-electron chi connectivity index (χ3n) is 3.53. The van der Waals surface area contributed by atoms with Gasteiger partial charge < -0.3 is 20.0 Å². The monoisotopic (exact) mass is 292 g/mol. The van der Waals surface area contributed by atoms with E-state index in [0.717, 1.165) is 37.6 Å². The van der Waals surface area contributed by atoms with E-state index in [1.807, 2.05) is 24.8 Å². The zero-order valence-corrected chi connectivity index (χ0v) is 12.8. The molecule has 1 fully saturated rings. The molecule has 1 saturated heterocycles. The highest BCUT2D eigenvalue weighted by Gasteiger charge is 2.25. The highest BCUT2D eigenvalue weighted by Crippen LogP contribution is 2.10. The molecule has 6 nitrogen and oxygen atoms in total. The number of carbonyl (C=O) groups excluding carboxylic acids is 1. The third-order valence-corrected chi connectivity index (χ3v) is 3.53. The van der Waals surface area contributed by atoms with Crippen LogP contribution in [0.2, 0.25) is 0 Å². The van der Waals surface area contributed by atoms with E-state index < -0.39 is 0 Å². The van der Waals surface area contributed by atoms with Crippen LogP contribution in [-0.2, 0) is 11.3 Å². The van der Waals surface area contributed by atoms with E-state index in [1.165, 1.54) is 0 Å². The summed E-state index contributed by atoms with van der Waals surface area (Å²) in [6.45, 7) is 6.90. The maximum Gasteiger partial charge on any atom is 0.222 e. The molecule has 2 N–H and O–H groups in total. The summed E-state index contributed by atoms with van der Waals surface area (Å²) in [5, 5.41) is 6.64. The molecule has 0 bridgehead atoms. The minimum absolute atomic E-state index is 0.222. The topological polar surface area (TPSA) is 69.9 Å². The summed E-state index contributed by atoms with van der Waals surface area (Å²) in [6, 6.07) is 2.17. The quantitative estimate of drug-likeness (QED) is 0.635. The van der Waals surface area contributed by atoms with Crippen molar-refractivity contribution < 1.29 is 9.21 Å². The van der Waals surface area contributed by atoms with Gasteiger partial charge in [0.15, 0.2) is 5.96 Å². The van der Waals surface area contributed by atoms with E-state index in [0.29, 0.717) is 13.0 Å². The minimum Gasteiger partial charge on any atom is -0.472 e. The Kier molecular flexibility index (Phi) is 5.66. The van der Waals surface area contributed by atoms with Crippen LogP contribution >= 0.6 is 0 Å². The molecule has 6 heteroatoms. The van der Waals surface area contributed by atoms with Gasteiger partial charge in [0.2, 0.25) is 5.91 Å². The molecule has 116 valence electrons. The van der Waals surface area contributed by atoms with Crippen LogP contribution < -0.4 is 10.6 Å². The number of carbonyl (C=O) groups is 1. The maximum absolute atomic E-state index is 11.7. The predicted octanol–water partition coefficient (Wildman–Crippen LogP) is 1.35. The summed E-state index contributed by atoms with van der Waals surface area (Å²) in [5.41, 5.74) is 1.04. The van der Waals surface area contributed by atoms with Crippen LogP contribution in [0.4, 0.5) is 0 Å². The molecule has 2 heterocycles. The van der Waals surface area contributed by atoms with Crippen LogP contribution in [0.1, 0.15) is 32.3 Å². The zero-order valence-electron chi connectivity index (χ0n) is 12.8. The number of nitrogens with zero attached hydrogens (tertiary/aromatic N) is 2. The van der Waals surface area contributed by atoms with Gasteiger partial charge in [0.05, 0.1) is 19.1 Å². The number of furan rings is 1. The molecule has 2 rings (SSSR count). The molecule has 1 aromatic heterocycles. The molecule has 21 heavy (non-hydrogen) atoms. The van der Waals surface area contributed by atoms with Gasteiger partial charge >= 0.3 is 0 Å². The second kappa shape index (κ2) is 7.71. The second-order valence-corrected chi connectivity index (χ2v) is 5.15. The minimum atomic E-state index is 0.222. The normalized spacial score (nSPS) is 18.9. The number of nitrogens with one attached hydrogen (secondary N) is 2. The number of hydrogen-bond donors (Lipinski definition) is 2. The average molecular weight is 292 g/mol. The summed E-state index contributed by atoms with van der Waals surface area (Å²) in [6.07, 6.45) is 4.88. The van der Waals surface area contributed by atoms with Crippen LogP contribution in [0.3, 0.4) is 0 Å². The Morgan fingerprint density at radius 2 is 2.38 bits per heavy atom. The van der Waals surface area contributed by atoms with Crippen molar-refractivity contribution in [3.63, 3.8) is 0 Å². The van der Waals surface area contributed by atoms with E-state index in [4.69, 9.17) is 4.42 Å². The van der Waals surface area contributed by atoms with E-state index >= 15 is 0 Å². The summed E-state index contributed by atoms with van der Waals surface area (Å²) >= 11 is 0. The molecule has 1 amide bonds. The fraction of sp³-hybridized carbons (Fsp3) is 0.600. The first-order valence-electron chi connectivity index (χ1n) is 7.56. The fourth-order valence-electron chi connectivity index (χ4n) is 2.39. The number of amides is 1.